The van der Waals surface area contributed by atoms with Crippen LogP contribution >= 0.6 is 0 Å². The van der Waals surface area contributed by atoms with Crippen molar-refractivity contribution in [2.24, 2.45) is 0 Å². The molecule has 0 amide bonds. The molecule has 0 aliphatic carbocycles. The van der Waals surface area contributed by atoms with Crippen LogP contribution in [0.25, 0.3) is 5.65 Å². The molecule has 0 bridgehead atoms. The summed E-state index contributed by atoms with van der Waals surface area (Å²) < 4.78 is 26.3. The number of nitrogens with zero attached hydrogens (tertiary/aromatic N) is 4. The second-order valence-corrected chi connectivity index (χ2v) is 7.41. The van der Waals surface area contributed by atoms with Crippen LogP contribution in [0.4, 0.5) is 5.69 Å². The second kappa shape index (κ2) is 5.27. The van der Waals surface area contributed by atoms with Gasteiger partial charge < -0.3 is 5.32 Å². The van der Waals surface area contributed by atoms with Gasteiger partial charge in [-0.25, -0.2) is 22.2 Å². The summed E-state index contributed by atoms with van der Waals surface area (Å²) in [5.41, 5.74) is 1.75. The minimum Gasteiger partial charge on any atom is -0.379 e. The first-order valence-electron chi connectivity index (χ1n) is 6.97. The largest absolute Gasteiger partial charge is 0.379 e. The molecule has 7 nitrogen and oxygen atoms in total. The van der Waals surface area contributed by atoms with E-state index in [1.165, 1.54) is 10.6 Å². The van der Waals surface area contributed by atoms with Gasteiger partial charge >= 0.3 is 0 Å². The molecule has 8 heteroatoms. The molecule has 1 aliphatic heterocycles. The predicted octanol–water partition coefficient (Wildman–Crippen LogP) is 0.874. The Balaban J connectivity index is 1.73. The number of hydrogen-bond acceptors (Lipinski definition) is 5. The lowest BCUT2D eigenvalue weighted by molar-refractivity contribution is 0.332. The molecule has 21 heavy (non-hydrogen) atoms. The van der Waals surface area contributed by atoms with Crippen molar-refractivity contribution < 1.29 is 8.42 Å². The summed E-state index contributed by atoms with van der Waals surface area (Å²) >= 11 is 0. The summed E-state index contributed by atoms with van der Waals surface area (Å²) in [4.78, 5) is 4.42. The third kappa shape index (κ3) is 3.01. The Morgan fingerprint density at radius 1 is 1.33 bits per heavy atom. The average molecular weight is 309 g/mol. The van der Waals surface area contributed by atoms with Crippen LogP contribution in [0.5, 0.6) is 0 Å². The maximum absolute atomic E-state index is 11.5. The zero-order valence-electron chi connectivity index (χ0n) is 12.2. The second-order valence-electron chi connectivity index (χ2n) is 5.43. The predicted molar refractivity (Wildman–Crippen MR) is 80.8 cm³/mol. The van der Waals surface area contributed by atoms with Gasteiger partial charge in [0.1, 0.15) is 5.82 Å². The molecule has 0 atom stereocenters. The highest BCUT2D eigenvalue weighted by Crippen LogP contribution is 2.21. The topological polar surface area (TPSA) is 79.6 Å². The molecule has 0 unspecified atom stereocenters. The SMILES string of the molecule is Cc1nc2c(NC3CCN(S(C)(=O)=O)CC3)cccn2n1. The number of pyridine rings is 1. The molecule has 0 saturated carbocycles. The van der Waals surface area contributed by atoms with Crippen LogP contribution in [0.15, 0.2) is 18.3 Å². The van der Waals surface area contributed by atoms with E-state index in [4.69, 9.17) is 0 Å². The van der Waals surface area contributed by atoms with Gasteiger partial charge in [0.05, 0.1) is 11.9 Å². The molecule has 1 saturated heterocycles. The van der Waals surface area contributed by atoms with Gasteiger partial charge in [-0.1, -0.05) is 0 Å². The zero-order valence-corrected chi connectivity index (χ0v) is 13.0. The summed E-state index contributed by atoms with van der Waals surface area (Å²) in [6.07, 6.45) is 4.72. The Labute approximate surface area is 124 Å². The Kier molecular flexibility index (Phi) is 3.58. The first-order valence-corrected chi connectivity index (χ1v) is 8.82. The van der Waals surface area contributed by atoms with Gasteiger partial charge in [0.25, 0.3) is 0 Å². The average Bonchev–Trinajstić information content (AvgIpc) is 2.80. The summed E-state index contributed by atoms with van der Waals surface area (Å²) in [7, 11) is -3.07. The number of fused-ring (bicyclic) bond motifs is 1. The van der Waals surface area contributed by atoms with Crippen LogP contribution < -0.4 is 5.32 Å². The molecule has 2 aromatic rings. The smallest absolute Gasteiger partial charge is 0.211 e. The molecule has 3 heterocycles. The van der Waals surface area contributed by atoms with Crippen LogP contribution in [-0.4, -0.2) is 52.7 Å². The fourth-order valence-corrected chi connectivity index (χ4v) is 3.55. The number of hydrogen-bond donors (Lipinski definition) is 1. The zero-order chi connectivity index (χ0) is 15.0. The molecule has 0 spiro atoms. The lowest BCUT2D eigenvalue weighted by Gasteiger charge is -2.31. The Hall–Kier alpha value is -1.67. The van der Waals surface area contributed by atoms with Gasteiger partial charge in [-0.2, -0.15) is 5.10 Å². The molecular formula is C13H19N5O2S. The van der Waals surface area contributed by atoms with Crippen LogP contribution in [0.2, 0.25) is 0 Å². The van der Waals surface area contributed by atoms with E-state index in [-0.39, 0.29) is 6.04 Å². The van der Waals surface area contributed by atoms with Crippen molar-refractivity contribution in [3.05, 3.63) is 24.2 Å². The summed E-state index contributed by atoms with van der Waals surface area (Å²) in [6.45, 7) is 2.98. The van der Waals surface area contributed by atoms with Gasteiger partial charge in [0.15, 0.2) is 5.65 Å². The van der Waals surface area contributed by atoms with Crippen molar-refractivity contribution in [2.45, 2.75) is 25.8 Å². The monoisotopic (exact) mass is 309 g/mol. The maximum Gasteiger partial charge on any atom is 0.211 e. The van der Waals surface area contributed by atoms with Gasteiger partial charge in [-0.05, 0) is 31.9 Å². The summed E-state index contributed by atoms with van der Waals surface area (Å²) in [5.74, 6) is 0.733. The number of nitrogens with one attached hydrogen (secondary N) is 1. The summed E-state index contributed by atoms with van der Waals surface area (Å²) in [5, 5.41) is 7.75. The molecule has 3 rings (SSSR count). The third-order valence-corrected chi connectivity index (χ3v) is 5.05. The number of rotatable bonds is 3. The number of aryl methyl sites for hydroxylation is 1. The highest BCUT2D eigenvalue weighted by molar-refractivity contribution is 7.88. The van der Waals surface area contributed by atoms with Crippen LogP contribution in [0.3, 0.4) is 0 Å². The van der Waals surface area contributed by atoms with Crippen molar-refractivity contribution in [3.8, 4) is 0 Å². The lowest BCUT2D eigenvalue weighted by Crippen LogP contribution is -2.41. The van der Waals surface area contributed by atoms with Crippen molar-refractivity contribution >= 4 is 21.4 Å². The third-order valence-electron chi connectivity index (χ3n) is 3.75. The first kappa shape index (κ1) is 14.3. The number of sulfonamides is 1. The maximum atomic E-state index is 11.5. The quantitative estimate of drug-likeness (QED) is 0.910. The van der Waals surface area contributed by atoms with Crippen LogP contribution in [0, 0.1) is 6.92 Å². The van der Waals surface area contributed by atoms with E-state index in [1.54, 1.807) is 4.52 Å². The summed E-state index contributed by atoms with van der Waals surface area (Å²) in [6, 6.07) is 4.16. The fourth-order valence-electron chi connectivity index (χ4n) is 2.68. The van der Waals surface area contributed by atoms with Gasteiger partial charge in [-0.15, -0.1) is 0 Å². The van der Waals surface area contributed by atoms with Crippen molar-refractivity contribution in [3.63, 3.8) is 0 Å². The van der Waals surface area contributed by atoms with Gasteiger partial charge in [-0.3, -0.25) is 0 Å². The van der Waals surface area contributed by atoms with Crippen LogP contribution in [0.1, 0.15) is 18.7 Å². The van der Waals surface area contributed by atoms with E-state index in [0.717, 1.165) is 30.0 Å². The van der Waals surface area contributed by atoms with E-state index in [0.29, 0.717) is 13.1 Å². The fraction of sp³-hybridized carbons (Fsp3) is 0.538. The minimum absolute atomic E-state index is 0.256. The number of anilines is 1. The molecule has 2 aromatic heterocycles. The number of piperidine rings is 1. The molecule has 0 radical (unpaired) electrons. The lowest BCUT2D eigenvalue weighted by atomic mass is 10.1. The van der Waals surface area contributed by atoms with Gasteiger partial charge in [0.2, 0.25) is 10.0 Å². The highest BCUT2D eigenvalue weighted by Gasteiger charge is 2.25. The van der Waals surface area contributed by atoms with Gasteiger partial charge in [0, 0.05) is 25.3 Å². The molecule has 0 aromatic carbocycles. The Morgan fingerprint density at radius 3 is 2.71 bits per heavy atom. The van der Waals surface area contributed by atoms with Crippen molar-refractivity contribution in [1.82, 2.24) is 18.9 Å². The Bertz CT molecular complexity index is 747. The van der Waals surface area contributed by atoms with Crippen molar-refractivity contribution in [1.29, 1.82) is 0 Å². The molecule has 1 fully saturated rings. The van der Waals surface area contributed by atoms with E-state index in [1.807, 2.05) is 25.3 Å². The number of aromatic nitrogens is 3. The highest BCUT2D eigenvalue weighted by atomic mass is 32.2. The van der Waals surface area contributed by atoms with Crippen LogP contribution in [-0.2, 0) is 10.0 Å². The van der Waals surface area contributed by atoms with E-state index in [9.17, 15) is 8.42 Å². The van der Waals surface area contributed by atoms with E-state index < -0.39 is 10.0 Å². The molecular weight excluding hydrogens is 290 g/mol. The normalized spacial score (nSPS) is 18.2. The first-order chi connectivity index (χ1) is 9.93. The van der Waals surface area contributed by atoms with E-state index in [2.05, 4.69) is 15.4 Å². The standard InChI is InChI=1S/C13H19N5O2S/c1-10-14-13-12(4-3-7-18(13)16-10)15-11-5-8-17(9-6-11)21(2,19)20/h3-4,7,11,15H,5-6,8-9H2,1-2H3. The molecule has 1 aliphatic rings. The van der Waals surface area contributed by atoms with Crippen molar-refractivity contribution in [2.75, 3.05) is 24.7 Å². The Morgan fingerprint density at radius 2 is 2.05 bits per heavy atom. The molecule has 114 valence electrons. The minimum atomic E-state index is -3.07. The van der Waals surface area contributed by atoms with E-state index >= 15 is 0 Å². The molecule has 1 N–H and O–H groups in total.